The van der Waals surface area contributed by atoms with Crippen molar-refractivity contribution in [3.8, 4) is 0 Å². The zero-order chi connectivity index (χ0) is 18.6. The lowest BCUT2D eigenvalue weighted by molar-refractivity contribution is -0.136. The maximum atomic E-state index is 12.2. The minimum atomic E-state index is -0.731. The molecular formula is C20H23ClN2O2. The Morgan fingerprint density at radius 2 is 1.72 bits per heavy atom. The number of nitrogens with one attached hydrogen (secondary N) is 2. The summed E-state index contributed by atoms with van der Waals surface area (Å²) >= 11 is 6.17. The summed E-state index contributed by atoms with van der Waals surface area (Å²) in [6.07, 6.45) is 0.958. The van der Waals surface area contributed by atoms with Gasteiger partial charge >= 0.3 is 11.8 Å². The third-order valence-corrected chi connectivity index (χ3v) is 4.41. The largest absolute Gasteiger partial charge is 0.341 e. The first-order valence-corrected chi connectivity index (χ1v) is 8.67. The minimum Gasteiger partial charge on any atom is -0.341 e. The van der Waals surface area contributed by atoms with Gasteiger partial charge in [-0.2, -0.15) is 0 Å². The molecule has 2 aromatic carbocycles. The molecule has 1 unspecified atom stereocenters. The molecule has 0 radical (unpaired) electrons. The first kappa shape index (κ1) is 19.0. The topological polar surface area (TPSA) is 58.2 Å². The number of aryl methyl sites for hydroxylation is 3. The van der Waals surface area contributed by atoms with Crippen LogP contribution in [0.1, 0.15) is 42.1 Å². The van der Waals surface area contributed by atoms with Gasteiger partial charge in [0.1, 0.15) is 0 Å². The van der Waals surface area contributed by atoms with E-state index in [2.05, 4.69) is 17.6 Å². The van der Waals surface area contributed by atoms with Crippen LogP contribution in [0.4, 0.5) is 5.69 Å². The maximum Gasteiger partial charge on any atom is 0.313 e. The molecule has 2 rings (SSSR count). The summed E-state index contributed by atoms with van der Waals surface area (Å²) in [5.74, 6) is -1.42. The van der Waals surface area contributed by atoms with Gasteiger partial charge in [-0.25, -0.2) is 0 Å². The fraction of sp³-hybridized carbons (Fsp3) is 0.300. The van der Waals surface area contributed by atoms with Crippen molar-refractivity contribution in [2.24, 2.45) is 0 Å². The van der Waals surface area contributed by atoms with Crippen LogP contribution in [-0.2, 0) is 16.0 Å². The highest BCUT2D eigenvalue weighted by Gasteiger charge is 2.19. The average molecular weight is 359 g/mol. The second-order valence-electron chi connectivity index (χ2n) is 6.18. The van der Waals surface area contributed by atoms with E-state index in [0.29, 0.717) is 10.7 Å². The van der Waals surface area contributed by atoms with Crippen molar-refractivity contribution in [2.75, 3.05) is 5.32 Å². The van der Waals surface area contributed by atoms with E-state index in [1.165, 1.54) is 5.56 Å². The van der Waals surface area contributed by atoms with E-state index in [9.17, 15) is 9.59 Å². The first-order chi connectivity index (χ1) is 11.8. The van der Waals surface area contributed by atoms with Crippen LogP contribution < -0.4 is 10.6 Å². The normalized spacial score (nSPS) is 11.7. The quantitative estimate of drug-likeness (QED) is 0.799. The molecule has 2 aromatic rings. The molecule has 2 amide bonds. The van der Waals surface area contributed by atoms with Crippen molar-refractivity contribution in [3.63, 3.8) is 0 Å². The SMILES string of the molecule is CCc1ccc(C(C)NC(=O)C(=O)Nc2c(C)cc(C)cc2Cl)cc1. The predicted molar refractivity (Wildman–Crippen MR) is 102 cm³/mol. The summed E-state index contributed by atoms with van der Waals surface area (Å²) in [7, 11) is 0. The summed E-state index contributed by atoms with van der Waals surface area (Å²) in [6.45, 7) is 7.69. The fourth-order valence-electron chi connectivity index (χ4n) is 2.63. The number of amides is 2. The van der Waals surface area contributed by atoms with E-state index in [4.69, 9.17) is 11.6 Å². The van der Waals surface area contributed by atoms with Gasteiger partial charge in [0, 0.05) is 0 Å². The lowest BCUT2D eigenvalue weighted by Crippen LogP contribution is -2.37. The molecule has 2 N–H and O–H groups in total. The summed E-state index contributed by atoms with van der Waals surface area (Å²) in [5.41, 5.74) is 4.45. The van der Waals surface area contributed by atoms with Gasteiger partial charge in [0.15, 0.2) is 0 Å². The van der Waals surface area contributed by atoms with Crippen LogP contribution in [0, 0.1) is 13.8 Å². The molecule has 0 aromatic heterocycles. The molecular weight excluding hydrogens is 336 g/mol. The number of halogens is 1. The molecule has 132 valence electrons. The van der Waals surface area contributed by atoms with Gasteiger partial charge in [-0.3, -0.25) is 9.59 Å². The average Bonchev–Trinajstić information content (AvgIpc) is 2.57. The molecule has 4 nitrogen and oxygen atoms in total. The Hall–Kier alpha value is -2.33. The van der Waals surface area contributed by atoms with Crippen LogP contribution in [0.2, 0.25) is 5.02 Å². The summed E-state index contributed by atoms with van der Waals surface area (Å²) in [5, 5.41) is 5.73. The zero-order valence-electron chi connectivity index (χ0n) is 14.9. The molecule has 0 heterocycles. The Labute approximate surface area is 153 Å². The molecule has 0 saturated heterocycles. The van der Waals surface area contributed by atoms with Gasteiger partial charge < -0.3 is 10.6 Å². The van der Waals surface area contributed by atoms with Crippen molar-refractivity contribution in [1.29, 1.82) is 0 Å². The number of hydrogen-bond donors (Lipinski definition) is 2. The van der Waals surface area contributed by atoms with Gasteiger partial charge in [0.05, 0.1) is 16.8 Å². The lowest BCUT2D eigenvalue weighted by atomic mass is 10.0. The number of rotatable bonds is 4. The number of carbonyl (C=O) groups excluding carboxylic acids is 2. The number of benzene rings is 2. The summed E-state index contributed by atoms with van der Waals surface area (Å²) in [6, 6.07) is 11.3. The van der Waals surface area contributed by atoms with Crippen LogP contribution >= 0.6 is 11.6 Å². The number of carbonyl (C=O) groups is 2. The zero-order valence-corrected chi connectivity index (χ0v) is 15.7. The predicted octanol–water partition coefficient (Wildman–Crippen LogP) is 4.34. The Kier molecular flexibility index (Phi) is 6.21. The van der Waals surface area contributed by atoms with Crippen LogP contribution in [-0.4, -0.2) is 11.8 Å². The molecule has 0 aliphatic rings. The minimum absolute atomic E-state index is 0.265. The highest BCUT2D eigenvalue weighted by molar-refractivity contribution is 6.41. The van der Waals surface area contributed by atoms with Gasteiger partial charge in [-0.1, -0.05) is 48.9 Å². The number of anilines is 1. The lowest BCUT2D eigenvalue weighted by Gasteiger charge is -2.16. The van der Waals surface area contributed by atoms with E-state index >= 15 is 0 Å². The van der Waals surface area contributed by atoms with Crippen molar-refractivity contribution in [1.82, 2.24) is 5.32 Å². The van der Waals surface area contributed by atoms with E-state index in [-0.39, 0.29) is 6.04 Å². The molecule has 0 bridgehead atoms. The Morgan fingerprint density at radius 1 is 1.08 bits per heavy atom. The van der Waals surface area contributed by atoms with Gasteiger partial charge in [-0.15, -0.1) is 0 Å². The van der Waals surface area contributed by atoms with Gasteiger partial charge in [0.25, 0.3) is 0 Å². The summed E-state index contributed by atoms with van der Waals surface area (Å²) in [4.78, 5) is 24.4. The molecule has 0 aliphatic carbocycles. The van der Waals surface area contributed by atoms with Crippen molar-refractivity contribution < 1.29 is 9.59 Å². The van der Waals surface area contributed by atoms with Crippen molar-refractivity contribution >= 4 is 29.1 Å². The van der Waals surface area contributed by atoms with Gasteiger partial charge in [0.2, 0.25) is 0 Å². The molecule has 0 aliphatic heterocycles. The third kappa shape index (κ3) is 4.83. The second kappa shape index (κ2) is 8.17. The number of hydrogen-bond acceptors (Lipinski definition) is 2. The smallest absolute Gasteiger partial charge is 0.313 e. The standard InChI is InChI=1S/C20H23ClN2O2/c1-5-15-6-8-16(9-7-15)14(4)22-19(24)20(25)23-18-13(3)10-12(2)11-17(18)21/h6-11,14H,5H2,1-4H3,(H,22,24)(H,23,25). The fourth-order valence-corrected chi connectivity index (χ4v) is 3.00. The molecule has 0 saturated carbocycles. The van der Waals surface area contributed by atoms with Crippen LogP contribution in [0.5, 0.6) is 0 Å². The highest BCUT2D eigenvalue weighted by Crippen LogP contribution is 2.27. The molecule has 0 fully saturated rings. The van der Waals surface area contributed by atoms with Crippen LogP contribution in [0.3, 0.4) is 0 Å². The van der Waals surface area contributed by atoms with E-state index < -0.39 is 11.8 Å². The van der Waals surface area contributed by atoms with Crippen LogP contribution in [0.15, 0.2) is 36.4 Å². The summed E-state index contributed by atoms with van der Waals surface area (Å²) < 4.78 is 0. The third-order valence-electron chi connectivity index (χ3n) is 4.11. The highest BCUT2D eigenvalue weighted by atomic mass is 35.5. The van der Waals surface area contributed by atoms with Crippen molar-refractivity contribution in [2.45, 2.75) is 40.2 Å². The molecule has 25 heavy (non-hydrogen) atoms. The Balaban J connectivity index is 2.03. The Morgan fingerprint density at radius 3 is 2.28 bits per heavy atom. The molecule has 1 atom stereocenters. The van der Waals surface area contributed by atoms with E-state index in [1.807, 2.05) is 51.1 Å². The maximum absolute atomic E-state index is 12.2. The first-order valence-electron chi connectivity index (χ1n) is 8.29. The van der Waals surface area contributed by atoms with E-state index in [0.717, 1.165) is 23.1 Å². The monoisotopic (exact) mass is 358 g/mol. The van der Waals surface area contributed by atoms with Gasteiger partial charge in [-0.05, 0) is 55.5 Å². The Bertz CT molecular complexity index is 762. The van der Waals surface area contributed by atoms with Crippen LogP contribution in [0.25, 0.3) is 0 Å². The second-order valence-corrected chi connectivity index (χ2v) is 6.59. The molecule has 0 spiro atoms. The van der Waals surface area contributed by atoms with E-state index in [1.54, 1.807) is 6.07 Å². The van der Waals surface area contributed by atoms with Crippen molar-refractivity contribution in [3.05, 3.63) is 63.7 Å². The molecule has 5 heteroatoms.